The van der Waals surface area contributed by atoms with Gasteiger partial charge in [0.05, 0.1) is 6.04 Å². The number of rotatable bonds is 4. The fraction of sp³-hybridized carbons (Fsp3) is 0.353. The van der Waals surface area contributed by atoms with E-state index in [1.165, 1.54) is 0 Å². The highest BCUT2D eigenvalue weighted by Gasteiger charge is 2.29. The van der Waals surface area contributed by atoms with E-state index >= 15 is 0 Å². The predicted molar refractivity (Wildman–Crippen MR) is 93.5 cm³/mol. The third-order valence-corrected chi connectivity index (χ3v) is 5.03. The maximum Gasteiger partial charge on any atom is 0.136 e. The van der Waals surface area contributed by atoms with Crippen molar-refractivity contribution in [2.45, 2.75) is 38.5 Å². The van der Waals surface area contributed by atoms with Crippen molar-refractivity contribution in [1.29, 1.82) is 0 Å². The SMILES string of the molecule is C[C@H](N[S+]([O-])C(C)(C)C)c1cc(N)ncc1-c1ccccc1. The molecule has 1 heterocycles. The van der Waals surface area contributed by atoms with Gasteiger partial charge >= 0.3 is 0 Å². The van der Waals surface area contributed by atoms with Crippen molar-refractivity contribution in [3.05, 3.63) is 48.2 Å². The van der Waals surface area contributed by atoms with Crippen LogP contribution in [0.15, 0.2) is 42.6 Å². The Hall–Kier alpha value is -1.56. The Morgan fingerprint density at radius 2 is 1.86 bits per heavy atom. The highest BCUT2D eigenvalue weighted by Crippen LogP contribution is 2.30. The first-order chi connectivity index (χ1) is 10.3. The minimum atomic E-state index is -1.15. The average molecular weight is 317 g/mol. The van der Waals surface area contributed by atoms with Crippen LogP contribution in [0.3, 0.4) is 0 Å². The van der Waals surface area contributed by atoms with Crippen LogP contribution in [0.4, 0.5) is 5.82 Å². The highest BCUT2D eigenvalue weighted by molar-refractivity contribution is 7.90. The summed E-state index contributed by atoms with van der Waals surface area (Å²) in [4.78, 5) is 4.20. The van der Waals surface area contributed by atoms with Crippen LogP contribution in [0.25, 0.3) is 11.1 Å². The van der Waals surface area contributed by atoms with Gasteiger partial charge in [0, 0.05) is 23.1 Å². The van der Waals surface area contributed by atoms with Crippen LogP contribution in [-0.4, -0.2) is 14.3 Å². The third-order valence-electron chi connectivity index (χ3n) is 3.35. The van der Waals surface area contributed by atoms with Crippen LogP contribution in [0.1, 0.15) is 39.3 Å². The van der Waals surface area contributed by atoms with E-state index in [0.29, 0.717) is 5.82 Å². The van der Waals surface area contributed by atoms with Crippen molar-refractivity contribution in [3.8, 4) is 11.1 Å². The standard InChI is InChI=1S/C17H23N3OS/c1-12(20-22(21)17(2,3)4)14-10-16(18)19-11-15(14)13-8-6-5-7-9-13/h5-12,20H,1-4H3,(H2,18,19)/t12-,22?/m0/s1. The number of hydrogen-bond acceptors (Lipinski definition) is 4. The molecule has 4 nitrogen and oxygen atoms in total. The Balaban J connectivity index is 2.36. The molecule has 0 amide bonds. The van der Waals surface area contributed by atoms with Crippen molar-refractivity contribution >= 4 is 17.2 Å². The van der Waals surface area contributed by atoms with Gasteiger partial charge in [-0.25, -0.2) is 4.98 Å². The number of anilines is 1. The lowest BCUT2D eigenvalue weighted by Crippen LogP contribution is -2.40. The van der Waals surface area contributed by atoms with E-state index in [4.69, 9.17) is 5.73 Å². The smallest absolute Gasteiger partial charge is 0.136 e. The fourth-order valence-corrected chi connectivity index (χ4v) is 2.91. The summed E-state index contributed by atoms with van der Waals surface area (Å²) < 4.78 is 15.2. The lowest BCUT2D eigenvalue weighted by Gasteiger charge is -2.27. The summed E-state index contributed by atoms with van der Waals surface area (Å²) in [5.41, 5.74) is 8.91. The van der Waals surface area contributed by atoms with Gasteiger partial charge in [0.15, 0.2) is 0 Å². The van der Waals surface area contributed by atoms with Crippen molar-refractivity contribution < 1.29 is 4.55 Å². The molecule has 1 unspecified atom stereocenters. The summed E-state index contributed by atoms with van der Waals surface area (Å²) in [6.07, 6.45) is 1.78. The van der Waals surface area contributed by atoms with Crippen LogP contribution in [0.5, 0.6) is 0 Å². The minimum absolute atomic E-state index is 0.0967. The van der Waals surface area contributed by atoms with Crippen LogP contribution >= 0.6 is 0 Å². The number of nitrogens with zero attached hydrogens (tertiary/aromatic N) is 1. The largest absolute Gasteiger partial charge is 0.598 e. The highest BCUT2D eigenvalue weighted by atomic mass is 32.2. The molecule has 1 aromatic carbocycles. The second kappa shape index (κ2) is 6.69. The van der Waals surface area contributed by atoms with E-state index in [0.717, 1.165) is 16.7 Å². The zero-order valence-electron chi connectivity index (χ0n) is 13.5. The van der Waals surface area contributed by atoms with E-state index in [9.17, 15) is 4.55 Å². The first-order valence-corrected chi connectivity index (χ1v) is 8.43. The van der Waals surface area contributed by atoms with Gasteiger partial charge in [-0.2, -0.15) is 0 Å². The predicted octanol–water partition coefficient (Wildman–Crippen LogP) is 3.44. The number of nitrogen functional groups attached to an aromatic ring is 1. The number of aromatic nitrogens is 1. The lowest BCUT2D eigenvalue weighted by atomic mass is 9.98. The van der Waals surface area contributed by atoms with E-state index < -0.39 is 11.4 Å². The van der Waals surface area contributed by atoms with Crippen LogP contribution < -0.4 is 10.5 Å². The Kier molecular flexibility index (Phi) is 5.11. The molecule has 0 radical (unpaired) electrons. The van der Waals surface area contributed by atoms with E-state index in [1.807, 2.05) is 64.1 Å². The fourth-order valence-electron chi connectivity index (χ4n) is 2.11. The number of nitrogens with one attached hydrogen (secondary N) is 1. The Morgan fingerprint density at radius 1 is 1.23 bits per heavy atom. The first kappa shape index (κ1) is 16.8. The molecule has 2 rings (SSSR count). The maximum atomic E-state index is 12.3. The lowest BCUT2D eigenvalue weighted by molar-refractivity contribution is 0.531. The molecule has 0 saturated heterocycles. The molecule has 118 valence electrons. The average Bonchev–Trinajstić information content (AvgIpc) is 2.47. The van der Waals surface area contributed by atoms with E-state index in [1.54, 1.807) is 6.20 Å². The molecule has 1 aromatic heterocycles. The normalized spacial score (nSPS) is 14.6. The second-order valence-corrected chi connectivity index (χ2v) is 8.28. The molecule has 0 aliphatic carbocycles. The Labute approximate surface area is 135 Å². The molecular weight excluding hydrogens is 294 g/mol. The monoisotopic (exact) mass is 317 g/mol. The van der Waals surface area contributed by atoms with Crippen LogP contribution in [-0.2, 0) is 11.4 Å². The molecule has 2 aromatic rings. The second-order valence-electron chi connectivity index (χ2n) is 6.28. The van der Waals surface area contributed by atoms with Crippen molar-refractivity contribution in [2.75, 3.05) is 5.73 Å². The molecular formula is C17H23N3OS. The summed E-state index contributed by atoms with van der Waals surface area (Å²) in [5.74, 6) is 0.463. The van der Waals surface area contributed by atoms with Gasteiger partial charge in [-0.1, -0.05) is 30.3 Å². The van der Waals surface area contributed by atoms with Gasteiger partial charge in [-0.3, -0.25) is 0 Å². The van der Waals surface area contributed by atoms with Crippen molar-refractivity contribution in [1.82, 2.24) is 9.71 Å². The number of benzene rings is 1. The third kappa shape index (κ3) is 4.00. The Bertz CT molecular complexity index is 626. The first-order valence-electron chi connectivity index (χ1n) is 7.28. The van der Waals surface area contributed by atoms with Gasteiger partial charge in [0.2, 0.25) is 0 Å². The molecule has 2 atom stereocenters. The molecule has 0 aliphatic rings. The van der Waals surface area contributed by atoms with Gasteiger partial charge in [-0.05, 0) is 44.9 Å². The van der Waals surface area contributed by atoms with Crippen LogP contribution in [0.2, 0.25) is 0 Å². The summed E-state index contributed by atoms with van der Waals surface area (Å²) in [6.45, 7) is 7.83. The number of nitrogens with two attached hydrogens (primary N) is 1. The molecule has 0 saturated carbocycles. The Morgan fingerprint density at radius 3 is 2.45 bits per heavy atom. The molecule has 5 heteroatoms. The summed E-state index contributed by atoms with van der Waals surface area (Å²) in [6, 6.07) is 11.8. The summed E-state index contributed by atoms with van der Waals surface area (Å²) in [7, 11) is 0. The molecule has 0 aliphatic heterocycles. The van der Waals surface area contributed by atoms with Crippen molar-refractivity contribution in [2.24, 2.45) is 0 Å². The van der Waals surface area contributed by atoms with E-state index in [-0.39, 0.29) is 10.8 Å². The molecule has 0 spiro atoms. The van der Waals surface area contributed by atoms with Gasteiger partial charge < -0.3 is 10.3 Å². The molecule has 0 fully saturated rings. The summed E-state index contributed by atoms with van der Waals surface area (Å²) in [5, 5.41) is 0. The topological polar surface area (TPSA) is 74.0 Å². The van der Waals surface area contributed by atoms with Crippen LogP contribution in [0, 0.1) is 0 Å². The van der Waals surface area contributed by atoms with Crippen molar-refractivity contribution in [3.63, 3.8) is 0 Å². The zero-order valence-corrected chi connectivity index (χ0v) is 14.3. The quantitative estimate of drug-likeness (QED) is 0.847. The minimum Gasteiger partial charge on any atom is -0.598 e. The maximum absolute atomic E-state index is 12.3. The van der Waals surface area contributed by atoms with Gasteiger partial charge in [-0.15, -0.1) is 4.72 Å². The molecule has 22 heavy (non-hydrogen) atoms. The number of pyridine rings is 1. The number of hydrogen-bond donors (Lipinski definition) is 2. The van der Waals surface area contributed by atoms with Gasteiger partial charge in [0.25, 0.3) is 0 Å². The van der Waals surface area contributed by atoms with Gasteiger partial charge in [0.1, 0.15) is 10.6 Å². The van der Waals surface area contributed by atoms with E-state index in [2.05, 4.69) is 9.71 Å². The summed E-state index contributed by atoms with van der Waals surface area (Å²) >= 11 is -1.15. The molecule has 3 N–H and O–H groups in total. The zero-order chi connectivity index (χ0) is 16.3. The molecule has 0 bridgehead atoms.